The first-order chi connectivity index (χ1) is 15.8. The average Bonchev–Trinajstić information content (AvgIpc) is 3.27. The Balaban J connectivity index is 1.36. The second-order valence-electron chi connectivity index (χ2n) is 8.35. The molecule has 174 valence electrons. The van der Waals surface area contributed by atoms with Crippen molar-refractivity contribution in [1.29, 1.82) is 0 Å². The van der Waals surface area contributed by atoms with Crippen LogP contribution in [0.2, 0.25) is 0 Å². The highest BCUT2D eigenvalue weighted by Gasteiger charge is 2.30. The van der Waals surface area contributed by atoms with Crippen LogP contribution in [0.4, 0.5) is 0 Å². The summed E-state index contributed by atoms with van der Waals surface area (Å²) in [5.74, 6) is 0.820. The molecule has 1 aliphatic heterocycles. The van der Waals surface area contributed by atoms with Crippen LogP contribution in [0.5, 0.6) is 5.75 Å². The van der Waals surface area contributed by atoms with E-state index in [0.29, 0.717) is 24.6 Å². The van der Waals surface area contributed by atoms with Crippen LogP contribution in [0.25, 0.3) is 0 Å². The zero-order valence-corrected chi connectivity index (χ0v) is 20.7. The maximum atomic E-state index is 13.0. The number of sulfonamides is 1. The number of carbonyl (C=O) groups excluding carboxylic acids is 1. The number of hydrogen-bond donors (Lipinski definition) is 0. The maximum absolute atomic E-state index is 13.0. The maximum Gasteiger partial charge on any atom is 0.264 e. The fourth-order valence-corrected chi connectivity index (χ4v) is 6.45. The Bertz CT molecular complexity index is 1220. The Morgan fingerprint density at radius 2 is 1.61 bits per heavy atom. The number of hydrogen-bond acceptors (Lipinski definition) is 5. The van der Waals surface area contributed by atoms with Gasteiger partial charge in [-0.15, -0.1) is 11.3 Å². The van der Waals surface area contributed by atoms with Gasteiger partial charge in [-0.25, -0.2) is 8.42 Å². The van der Waals surface area contributed by atoms with Crippen LogP contribution in [0.15, 0.2) is 58.8 Å². The smallest absolute Gasteiger partial charge is 0.264 e. The van der Waals surface area contributed by atoms with Crippen LogP contribution in [-0.2, 0) is 16.6 Å². The molecule has 4 rings (SSSR count). The largest absolute Gasteiger partial charge is 0.488 e. The number of benzene rings is 2. The van der Waals surface area contributed by atoms with Gasteiger partial charge in [-0.2, -0.15) is 4.31 Å². The van der Waals surface area contributed by atoms with E-state index < -0.39 is 10.0 Å². The molecule has 0 saturated carbocycles. The summed E-state index contributed by atoms with van der Waals surface area (Å²) in [7, 11) is -3.53. The zero-order chi connectivity index (χ0) is 23.6. The topological polar surface area (TPSA) is 66.9 Å². The highest BCUT2D eigenvalue weighted by molar-refractivity contribution is 7.89. The molecule has 2 heterocycles. The average molecular weight is 485 g/mol. The minimum Gasteiger partial charge on any atom is -0.488 e. The van der Waals surface area contributed by atoms with Crippen LogP contribution >= 0.6 is 11.3 Å². The number of amides is 1. The number of ether oxygens (including phenoxy) is 1. The van der Waals surface area contributed by atoms with Crippen molar-refractivity contribution >= 4 is 27.3 Å². The van der Waals surface area contributed by atoms with Crippen LogP contribution in [-0.4, -0.2) is 49.7 Å². The molecule has 0 spiro atoms. The lowest BCUT2D eigenvalue weighted by Crippen LogP contribution is -2.50. The molecule has 1 fully saturated rings. The number of rotatable bonds is 6. The van der Waals surface area contributed by atoms with E-state index in [2.05, 4.69) is 19.1 Å². The molecule has 1 saturated heterocycles. The van der Waals surface area contributed by atoms with Crippen molar-refractivity contribution in [2.45, 2.75) is 32.3 Å². The van der Waals surface area contributed by atoms with Crippen molar-refractivity contribution in [3.05, 3.63) is 81.0 Å². The van der Waals surface area contributed by atoms with Crippen molar-refractivity contribution < 1.29 is 17.9 Å². The molecule has 1 amide bonds. The monoisotopic (exact) mass is 484 g/mol. The third-order valence-corrected chi connectivity index (χ3v) is 8.64. The first kappa shape index (κ1) is 23.5. The Kier molecular flexibility index (Phi) is 6.88. The third kappa shape index (κ3) is 5.13. The summed E-state index contributed by atoms with van der Waals surface area (Å²) in [4.78, 5) is 15.6. The molecule has 1 aromatic heterocycles. The van der Waals surface area contributed by atoms with Gasteiger partial charge < -0.3 is 9.64 Å². The molecule has 1 aliphatic rings. The fraction of sp³-hybridized carbons (Fsp3) is 0.320. The predicted molar refractivity (Wildman–Crippen MR) is 130 cm³/mol. The van der Waals surface area contributed by atoms with E-state index >= 15 is 0 Å². The minimum absolute atomic E-state index is 0.0642. The molecule has 6 nitrogen and oxygen atoms in total. The third-order valence-electron chi connectivity index (χ3n) is 5.76. The first-order valence-corrected chi connectivity index (χ1v) is 13.2. The van der Waals surface area contributed by atoms with E-state index in [1.54, 1.807) is 35.2 Å². The van der Waals surface area contributed by atoms with Gasteiger partial charge in [0.1, 0.15) is 12.4 Å². The van der Waals surface area contributed by atoms with Gasteiger partial charge in [0.25, 0.3) is 5.91 Å². The van der Waals surface area contributed by atoms with E-state index in [1.807, 2.05) is 25.3 Å². The summed E-state index contributed by atoms with van der Waals surface area (Å²) in [6.45, 7) is 7.86. The van der Waals surface area contributed by atoms with E-state index in [9.17, 15) is 13.2 Å². The number of piperazine rings is 1. The van der Waals surface area contributed by atoms with Gasteiger partial charge in [-0.1, -0.05) is 35.9 Å². The van der Waals surface area contributed by atoms with Gasteiger partial charge in [0.15, 0.2) is 0 Å². The highest BCUT2D eigenvalue weighted by atomic mass is 32.2. The van der Waals surface area contributed by atoms with Gasteiger partial charge >= 0.3 is 0 Å². The molecule has 8 heteroatoms. The number of nitrogens with zero attached hydrogens (tertiary/aromatic N) is 2. The summed E-state index contributed by atoms with van der Waals surface area (Å²) >= 11 is 1.40. The normalized spacial score (nSPS) is 14.9. The van der Waals surface area contributed by atoms with Crippen molar-refractivity contribution in [3.63, 3.8) is 0 Å². The lowest BCUT2D eigenvalue weighted by atomic mass is 10.1. The van der Waals surface area contributed by atoms with Crippen LogP contribution in [0.1, 0.15) is 31.9 Å². The van der Waals surface area contributed by atoms with Gasteiger partial charge in [-0.05, 0) is 55.5 Å². The molecule has 33 heavy (non-hydrogen) atoms. The molecule has 2 aromatic carbocycles. The summed E-state index contributed by atoms with van der Waals surface area (Å²) in [6, 6.07) is 14.5. The summed E-state index contributed by atoms with van der Waals surface area (Å²) < 4.78 is 33.1. The first-order valence-electron chi connectivity index (χ1n) is 10.9. The Hall–Kier alpha value is -2.68. The molecule has 0 N–H and O–H groups in total. The van der Waals surface area contributed by atoms with Gasteiger partial charge in [-0.3, -0.25) is 4.79 Å². The van der Waals surface area contributed by atoms with Gasteiger partial charge in [0.05, 0.1) is 9.77 Å². The summed E-state index contributed by atoms with van der Waals surface area (Å²) in [5.41, 5.74) is 4.36. The molecule has 0 atom stereocenters. The summed E-state index contributed by atoms with van der Waals surface area (Å²) in [5, 5.41) is 1.95. The second kappa shape index (κ2) is 9.67. The fourth-order valence-electron chi connectivity index (χ4n) is 4.14. The molecular weight excluding hydrogens is 456 g/mol. The number of aryl methyl sites for hydroxylation is 3. The minimum atomic E-state index is -3.53. The SMILES string of the molecule is Cc1cc(C)c(OCc2csc(C(=O)N3CCN(S(=O)(=O)c4ccccc4)CC3)c2)c(C)c1. The zero-order valence-electron chi connectivity index (χ0n) is 19.1. The molecule has 0 unspecified atom stereocenters. The molecular formula is C25H28N2O4S2. The second-order valence-corrected chi connectivity index (χ2v) is 11.2. The Labute approximate surface area is 199 Å². The van der Waals surface area contributed by atoms with Crippen molar-refractivity contribution in [1.82, 2.24) is 9.21 Å². The lowest BCUT2D eigenvalue weighted by Gasteiger charge is -2.33. The quantitative estimate of drug-likeness (QED) is 0.520. The summed E-state index contributed by atoms with van der Waals surface area (Å²) in [6.07, 6.45) is 0. The van der Waals surface area contributed by atoms with Crippen molar-refractivity contribution in [2.24, 2.45) is 0 Å². The molecule has 0 radical (unpaired) electrons. The van der Waals surface area contributed by atoms with E-state index in [1.165, 1.54) is 21.2 Å². The molecule has 3 aromatic rings. The predicted octanol–water partition coefficient (Wildman–Crippen LogP) is 4.40. The lowest BCUT2D eigenvalue weighted by molar-refractivity contribution is 0.0702. The van der Waals surface area contributed by atoms with Crippen LogP contribution < -0.4 is 4.74 Å². The Morgan fingerprint density at radius 1 is 0.970 bits per heavy atom. The number of thiophene rings is 1. The molecule has 0 aliphatic carbocycles. The van der Waals surface area contributed by atoms with Crippen molar-refractivity contribution in [3.8, 4) is 5.75 Å². The Morgan fingerprint density at radius 3 is 2.24 bits per heavy atom. The number of carbonyl (C=O) groups is 1. The molecule has 0 bridgehead atoms. The van der Waals surface area contributed by atoms with Crippen molar-refractivity contribution in [2.75, 3.05) is 26.2 Å². The van der Waals surface area contributed by atoms with E-state index in [-0.39, 0.29) is 23.9 Å². The standard InChI is InChI=1S/C25H28N2O4S2/c1-18-13-19(2)24(20(3)14-18)31-16-21-15-23(32-17-21)25(28)26-9-11-27(12-10-26)33(29,30)22-7-5-4-6-8-22/h4-8,13-15,17H,9-12,16H2,1-3H3. The van der Waals surface area contributed by atoms with E-state index in [0.717, 1.165) is 22.4 Å². The van der Waals surface area contributed by atoms with Crippen LogP contribution in [0, 0.1) is 20.8 Å². The van der Waals surface area contributed by atoms with Gasteiger partial charge in [0, 0.05) is 31.7 Å². The van der Waals surface area contributed by atoms with E-state index in [4.69, 9.17) is 4.74 Å². The van der Waals surface area contributed by atoms with Crippen LogP contribution in [0.3, 0.4) is 0 Å². The highest BCUT2D eigenvalue weighted by Crippen LogP contribution is 2.27. The van der Waals surface area contributed by atoms with Gasteiger partial charge in [0.2, 0.25) is 10.0 Å².